The van der Waals surface area contributed by atoms with Crippen molar-refractivity contribution in [3.05, 3.63) is 97.1 Å². The molecule has 8 rings (SSSR count). The van der Waals surface area contributed by atoms with Gasteiger partial charge >= 0.3 is 10.4 Å². The van der Waals surface area contributed by atoms with Gasteiger partial charge in [0.25, 0.3) is 0 Å². The van der Waals surface area contributed by atoms with E-state index in [1.165, 1.54) is 0 Å². The number of nitrogens with zero attached hydrogens (tertiary/aromatic N) is 2. The lowest BCUT2D eigenvalue weighted by Crippen LogP contribution is -2.46. The van der Waals surface area contributed by atoms with Crippen molar-refractivity contribution in [2.24, 2.45) is 0 Å². The summed E-state index contributed by atoms with van der Waals surface area (Å²) in [6.07, 6.45) is 2.58. The van der Waals surface area contributed by atoms with E-state index in [-0.39, 0.29) is 49.3 Å². The van der Waals surface area contributed by atoms with Crippen LogP contribution in [0.5, 0.6) is 11.5 Å². The van der Waals surface area contributed by atoms with E-state index in [0.29, 0.717) is 63.6 Å². The third-order valence-corrected chi connectivity index (χ3v) is 12.5. The van der Waals surface area contributed by atoms with Crippen LogP contribution in [0.3, 0.4) is 0 Å². The summed E-state index contributed by atoms with van der Waals surface area (Å²) in [6.45, 7) is 6.82. The molecule has 2 fully saturated rings. The number of morpholine rings is 2. The van der Waals surface area contributed by atoms with Gasteiger partial charge in [-0.05, 0) is 94.4 Å². The number of aromatic hydroxyl groups is 2. The lowest BCUT2D eigenvalue weighted by atomic mass is 10.00. The fourth-order valence-corrected chi connectivity index (χ4v) is 9.02. The monoisotopic (exact) mass is 822 g/mol. The quantitative estimate of drug-likeness (QED) is 0.0553. The van der Waals surface area contributed by atoms with Crippen LogP contribution < -0.4 is 10.6 Å². The van der Waals surface area contributed by atoms with E-state index in [2.05, 4.69) is 73.0 Å². The number of hydrogen-bond donors (Lipinski definition) is 4. The molecule has 2 aliphatic rings. The highest BCUT2D eigenvalue weighted by atomic mass is 32.3. The normalized spacial score (nSPS) is 19.4. The Labute approximate surface area is 345 Å². The third-order valence-electron chi connectivity index (χ3n) is 11.7. The number of ether oxygens (including phenoxy) is 2. The number of anilines is 2. The SMILES string of the molecule is CCC(CC1CN(COS(=O)(=O)OCN2CCOC(CC(CC)Nc3c(O)ccc4cc5ccccc5cc34)C2)CCO1)Nc1c(O)ccc2cc3ccccc3cc12. The molecule has 2 heterocycles. The Bertz CT molecular complexity index is 2350. The molecule has 0 aliphatic carbocycles. The van der Waals surface area contributed by atoms with Crippen LogP contribution in [0.2, 0.25) is 0 Å². The number of benzene rings is 6. The summed E-state index contributed by atoms with van der Waals surface area (Å²) in [5.74, 6) is 0.385. The van der Waals surface area contributed by atoms with Gasteiger partial charge in [0, 0.05) is 49.0 Å². The molecule has 4 unspecified atom stereocenters. The molecular formula is C46H54N4O8S. The smallest absolute Gasteiger partial charge is 0.402 e. The first-order valence-corrected chi connectivity index (χ1v) is 22.0. The Morgan fingerprint density at radius 1 is 0.627 bits per heavy atom. The molecule has 13 heteroatoms. The average Bonchev–Trinajstić information content (AvgIpc) is 3.25. The Morgan fingerprint density at radius 3 is 1.44 bits per heavy atom. The second-order valence-corrected chi connectivity index (χ2v) is 17.1. The molecule has 6 aromatic rings. The van der Waals surface area contributed by atoms with E-state index >= 15 is 0 Å². The van der Waals surface area contributed by atoms with E-state index in [1.807, 2.05) is 46.2 Å². The molecule has 4 atom stereocenters. The number of fused-ring (bicyclic) bond motifs is 4. The topological polar surface area (TPSA) is 142 Å². The maximum absolute atomic E-state index is 12.9. The Hall–Kier alpha value is -4.73. The average molecular weight is 823 g/mol. The number of phenolic OH excluding ortho intramolecular Hbond substituents is 2. The van der Waals surface area contributed by atoms with E-state index in [0.717, 1.165) is 55.9 Å². The van der Waals surface area contributed by atoms with Crippen LogP contribution in [0.1, 0.15) is 39.5 Å². The molecule has 4 N–H and O–H groups in total. The standard InChI is InChI=1S/C46H54N4O8S/c1-3-37(47-45-41-23-33-11-7-5-9-31(33)21-35(41)13-15-43(45)51)25-39-27-49(17-19-55-39)29-57-59(53,54)58-30-50-18-20-56-40(28-50)26-38(4-2)48-46-42-24-34-12-8-6-10-32(34)22-36(42)14-16-44(46)52/h5-16,21-24,37-40,47-48,51-52H,3-4,17-20,25-30H2,1-2H3. The largest absolute Gasteiger partial charge is 0.506 e. The maximum Gasteiger partial charge on any atom is 0.402 e. The number of rotatable bonds is 16. The minimum atomic E-state index is -4.28. The molecule has 2 aliphatic heterocycles. The van der Waals surface area contributed by atoms with Gasteiger partial charge in [-0.1, -0.05) is 74.5 Å². The van der Waals surface area contributed by atoms with E-state index in [9.17, 15) is 18.6 Å². The minimum Gasteiger partial charge on any atom is -0.506 e. The van der Waals surface area contributed by atoms with Gasteiger partial charge in [-0.3, -0.25) is 9.80 Å². The van der Waals surface area contributed by atoms with Crippen LogP contribution in [0.4, 0.5) is 11.4 Å². The maximum atomic E-state index is 12.9. The molecule has 312 valence electrons. The second kappa shape index (κ2) is 18.3. The van der Waals surface area contributed by atoms with Gasteiger partial charge in [-0.25, -0.2) is 8.37 Å². The molecule has 0 bridgehead atoms. The van der Waals surface area contributed by atoms with Crippen LogP contribution in [0.15, 0.2) is 97.1 Å². The van der Waals surface area contributed by atoms with Crippen molar-refractivity contribution in [3.8, 4) is 11.5 Å². The van der Waals surface area contributed by atoms with Crippen LogP contribution in [0.25, 0.3) is 43.1 Å². The molecular weight excluding hydrogens is 769 g/mol. The summed E-state index contributed by atoms with van der Waals surface area (Å²) in [5.41, 5.74) is 1.39. The van der Waals surface area contributed by atoms with Crippen LogP contribution >= 0.6 is 0 Å². The van der Waals surface area contributed by atoms with Crippen LogP contribution in [0, 0.1) is 0 Å². The Balaban J connectivity index is 0.815. The zero-order chi connectivity index (χ0) is 40.9. The summed E-state index contributed by atoms with van der Waals surface area (Å²) < 4.78 is 48.9. The molecule has 12 nitrogen and oxygen atoms in total. The van der Waals surface area contributed by atoms with Gasteiger partial charge in [0.15, 0.2) is 0 Å². The van der Waals surface area contributed by atoms with Crippen molar-refractivity contribution in [1.29, 1.82) is 0 Å². The molecule has 0 amide bonds. The second-order valence-electron chi connectivity index (χ2n) is 15.8. The summed E-state index contributed by atoms with van der Waals surface area (Å²) in [6, 6.07) is 32.2. The summed E-state index contributed by atoms with van der Waals surface area (Å²) in [5, 5.41) is 37.5. The molecule has 0 saturated carbocycles. The zero-order valence-corrected chi connectivity index (χ0v) is 34.5. The highest BCUT2D eigenvalue weighted by Gasteiger charge is 2.28. The fourth-order valence-electron chi connectivity index (χ4n) is 8.40. The first-order chi connectivity index (χ1) is 28.6. The van der Waals surface area contributed by atoms with Crippen molar-refractivity contribution < 1.29 is 36.5 Å². The molecule has 6 aromatic carbocycles. The van der Waals surface area contributed by atoms with Crippen molar-refractivity contribution in [2.45, 2.75) is 63.8 Å². The van der Waals surface area contributed by atoms with Crippen LogP contribution in [-0.4, -0.2) is 106 Å². The highest BCUT2D eigenvalue weighted by molar-refractivity contribution is 7.81. The molecule has 59 heavy (non-hydrogen) atoms. The van der Waals surface area contributed by atoms with Crippen LogP contribution in [-0.2, 0) is 28.2 Å². The first kappa shape index (κ1) is 41.0. The Kier molecular flexibility index (Phi) is 12.7. The summed E-state index contributed by atoms with van der Waals surface area (Å²) >= 11 is 0. The van der Waals surface area contributed by atoms with Gasteiger partial charge in [-0.2, -0.15) is 8.42 Å². The van der Waals surface area contributed by atoms with Gasteiger partial charge < -0.3 is 30.3 Å². The number of hydrogen-bond acceptors (Lipinski definition) is 12. The van der Waals surface area contributed by atoms with Crippen molar-refractivity contribution in [1.82, 2.24) is 9.80 Å². The summed E-state index contributed by atoms with van der Waals surface area (Å²) in [7, 11) is -4.28. The zero-order valence-electron chi connectivity index (χ0n) is 33.7. The van der Waals surface area contributed by atoms with Gasteiger partial charge in [0.1, 0.15) is 25.0 Å². The molecule has 0 aromatic heterocycles. The molecule has 2 saturated heterocycles. The highest BCUT2D eigenvalue weighted by Crippen LogP contribution is 2.38. The molecule has 0 radical (unpaired) electrons. The predicted octanol–water partition coefficient (Wildman–Crippen LogP) is 8.17. The van der Waals surface area contributed by atoms with Crippen molar-refractivity contribution in [3.63, 3.8) is 0 Å². The van der Waals surface area contributed by atoms with Crippen molar-refractivity contribution in [2.75, 3.05) is 63.5 Å². The predicted molar refractivity (Wildman–Crippen MR) is 234 cm³/mol. The van der Waals surface area contributed by atoms with E-state index < -0.39 is 10.4 Å². The third kappa shape index (κ3) is 9.84. The number of nitrogens with one attached hydrogen (secondary N) is 2. The Morgan fingerprint density at radius 2 is 1.03 bits per heavy atom. The fraction of sp³-hybridized carbons (Fsp3) is 0.391. The van der Waals surface area contributed by atoms with E-state index in [4.69, 9.17) is 17.8 Å². The lowest BCUT2D eigenvalue weighted by Gasteiger charge is -2.35. The molecule has 0 spiro atoms. The van der Waals surface area contributed by atoms with Crippen molar-refractivity contribution >= 4 is 64.9 Å². The lowest BCUT2D eigenvalue weighted by molar-refractivity contribution is -0.0634. The van der Waals surface area contributed by atoms with Gasteiger partial charge in [0.05, 0.1) is 36.8 Å². The van der Waals surface area contributed by atoms with Gasteiger partial charge in [-0.15, -0.1) is 0 Å². The minimum absolute atomic E-state index is 0.00255. The van der Waals surface area contributed by atoms with E-state index in [1.54, 1.807) is 12.1 Å². The first-order valence-electron chi connectivity index (χ1n) is 20.7. The summed E-state index contributed by atoms with van der Waals surface area (Å²) in [4.78, 5) is 3.84. The number of phenols is 2. The van der Waals surface area contributed by atoms with Gasteiger partial charge in [0.2, 0.25) is 0 Å².